The summed E-state index contributed by atoms with van der Waals surface area (Å²) < 4.78 is 1.34. The molecule has 106 valence electrons. The van der Waals surface area contributed by atoms with E-state index >= 15 is 0 Å². The van der Waals surface area contributed by atoms with Gasteiger partial charge in [-0.05, 0) is 49.1 Å². The molecule has 20 heavy (non-hydrogen) atoms. The van der Waals surface area contributed by atoms with Crippen LogP contribution in [-0.2, 0) is 13.1 Å². The lowest BCUT2D eigenvalue weighted by Gasteiger charge is -2.37. The van der Waals surface area contributed by atoms with Crippen molar-refractivity contribution in [2.45, 2.75) is 39.3 Å². The number of fused-ring (bicyclic) bond motifs is 2. The Kier molecular flexibility index (Phi) is 3.64. The Labute approximate surface area is 132 Å². The number of piperidine rings is 1. The first-order chi connectivity index (χ1) is 9.24. The van der Waals surface area contributed by atoms with Gasteiger partial charge < -0.3 is 21.5 Å². The molecule has 1 fully saturated rings. The fourth-order valence-corrected chi connectivity index (χ4v) is 4.08. The van der Waals surface area contributed by atoms with E-state index in [2.05, 4.69) is 37.3 Å². The summed E-state index contributed by atoms with van der Waals surface area (Å²) in [5, 5.41) is 2.84. The number of benzene rings is 2. The Morgan fingerprint density at radius 3 is 2.15 bits per heavy atom. The predicted molar refractivity (Wildman–Crippen MR) is 79.9 cm³/mol. The van der Waals surface area contributed by atoms with E-state index < -0.39 is 0 Å². The zero-order valence-electron chi connectivity index (χ0n) is 12.2. The van der Waals surface area contributed by atoms with Crippen LogP contribution in [0, 0.1) is 6.92 Å². The van der Waals surface area contributed by atoms with E-state index in [0.717, 1.165) is 0 Å². The van der Waals surface area contributed by atoms with Crippen molar-refractivity contribution in [3.63, 3.8) is 0 Å². The third-order valence-corrected chi connectivity index (χ3v) is 5.09. The molecule has 2 heterocycles. The summed E-state index contributed by atoms with van der Waals surface area (Å²) in [5.74, 6) is 0. The van der Waals surface area contributed by atoms with Crippen LogP contribution < -0.4 is 17.0 Å². The van der Waals surface area contributed by atoms with E-state index in [1.807, 2.05) is 0 Å². The van der Waals surface area contributed by atoms with E-state index in [1.54, 1.807) is 11.1 Å². The van der Waals surface area contributed by atoms with Crippen molar-refractivity contribution in [1.29, 1.82) is 0 Å². The van der Waals surface area contributed by atoms with Gasteiger partial charge in [-0.2, -0.15) is 0 Å². The number of rotatable bonds is 0. The average molecular weight is 332 g/mol. The second-order valence-electron chi connectivity index (χ2n) is 6.64. The van der Waals surface area contributed by atoms with E-state index in [1.165, 1.54) is 66.3 Å². The second-order valence-corrected chi connectivity index (χ2v) is 6.64. The van der Waals surface area contributed by atoms with Gasteiger partial charge in [-0.1, -0.05) is 23.8 Å². The third kappa shape index (κ3) is 2.29. The van der Waals surface area contributed by atoms with Crippen LogP contribution in [0.1, 0.15) is 36.0 Å². The van der Waals surface area contributed by atoms with Crippen LogP contribution in [0.15, 0.2) is 30.3 Å². The van der Waals surface area contributed by atoms with E-state index in [-0.39, 0.29) is 17.0 Å². The smallest absolute Gasteiger partial charge is 0.105 e. The standard InChI is InChI=1S/C18H22N.BrH/c1-14-5-6-15-10-17-12-19(7-3-2-4-8-19)13-18(17)11-16(15)9-14;/h5-6,9-11H,2-4,7-8,12-13H2,1H3;1H/q+1;/p-1. The molecule has 0 saturated carbocycles. The van der Waals surface area contributed by atoms with Gasteiger partial charge in [0.25, 0.3) is 0 Å². The van der Waals surface area contributed by atoms with Crippen LogP contribution in [0.25, 0.3) is 10.8 Å². The molecule has 2 heteroatoms. The number of nitrogens with zero attached hydrogens (tertiary/aromatic N) is 1. The highest BCUT2D eigenvalue weighted by atomic mass is 79.9. The molecule has 2 aromatic carbocycles. The lowest BCUT2D eigenvalue weighted by molar-refractivity contribution is -0.951. The lowest BCUT2D eigenvalue weighted by atomic mass is 10.0. The molecule has 0 radical (unpaired) electrons. The summed E-state index contributed by atoms with van der Waals surface area (Å²) in [7, 11) is 0. The molecule has 0 aromatic heterocycles. The first kappa shape index (κ1) is 14.1. The van der Waals surface area contributed by atoms with Gasteiger partial charge in [-0.25, -0.2) is 0 Å². The molecular formula is C18H22BrN. The normalized spacial score (nSPS) is 19.9. The monoisotopic (exact) mass is 331 g/mol. The number of hydrogen-bond donors (Lipinski definition) is 0. The van der Waals surface area contributed by atoms with Crippen LogP contribution in [0.5, 0.6) is 0 Å². The fourth-order valence-electron chi connectivity index (χ4n) is 4.08. The molecular weight excluding hydrogens is 310 g/mol. The van der Waals surface area contributed by atoms with E-state index in [4.69, 9.17) is 0 Å². The quantitative estimate of drug-likeness (QED) is 0.636. The SMILES string of the molecule is Cc1ccc2cc3c(cc2c1)C[N+]1(CCCCC1)C3.[Br-]. The average Bonchev–Trinajstić information content (AvgIpc) is 2.73. The molecule has 4 rings (SSSR count). The minimum atomic E-state index is 0. The summed E-state index contributed by atoms with van der Waals surface area (Å²) >= 11 is 0. The molecule has 0 N–H and O–H groups in total. The Bertz CT molecular complexity index is 641. The molecule has 0 atom stereocenters. The molecule has 1 nitrogen and oxygen atoms in total. The molecule has 2 aliphatic heterocycles. The van der Waals surface area contributed by atoms with Crippen molar-refractivity contribution in [1.82, 2.24) is 0 Å². The molecule has 1 saturated heterocycles. The molecule has 2 aromatic rings. The first-order valence-corrected chi connectivity index (χ1v) is 7.61. The maximum atomic E-state index is 2.46. The highest BCUT2D eigenvalue weighted by Gasteiger charge is 2.36. The summed E-state index contributed by atoms with van der Waals surface area (Å²) in [6.07, 6.45) is 4.29. The van der Waals surface area contributed by atoms with E-state index in [9.17, 15) is 0 Å². The lowest BCUT2D eigenvalue weighted by Crippen LogP contribution is -3.00. The summed E-state index contributed by atoms with van der Waals surface area (Å²) in [6, 6.07) is 11.7. The number of quaternary nitrogens is 1. The van der Waals surface area contributed by atoms with Crippen molar-refractivity contribution in [3.8, 4) is 0 Å². The van der Waals surface area contributed by atoms with Crippen molar-refractivity contribution in [3.05, 3.63) is 47.0 Å². The fraction of sp³-hybridized carbons (Fsp3) is 0.444. The van der Waals surface area contributed by atoms with Crippen molar-refractivity contribution in [2.75, 3.05) is 13.1 Å². The molecule has 2 aliphatic rings. The summed E-state index contributed by atoms with van der Waals surface area (Å²) in [4.78, 5) is 0. The first-order valence-electron chi connectivity index (χ1n) is 7.61. The Hall–Kier alpha value is -0.860. The highest BCUT2D eigenvalue weighted by molar-refractivity contribution is 5.84. The van der Waals surface area contributed by atoms with Crippen LogP contribution in [-0.4, -0.2) is 17.6 Å². The third-order valence-electron chi connectivity index (χ3n) is 5.09. The maximum Gasteiger partial charge on any atom is 0.105 e. The Morgan fingerprint density at radius 1 is 0.800 bits per heavy atom. The summed E-state index contributed by atoms with van der Waals surface area (Å²) in [6.45, 7) is 7.53. The molecule has 0 bridgehead atoms. The van der Waals surface area contributed by atoms with Gasteiger partial charge in [0.1, 0.15) is 13.1 Å². The zero-order valence-corrected chi connectivity index (χ0v) is 13.7. The van der Waals surface area contributed by atoms with Crippen molar-refractivity contribution in [2.24, 2.45) is 0 Å². The van der Waals surface area contributed by atoms with Crippen LogP contribution in [0.3, 0.4) is 0 Å². The maximum absolute atomic E-state index is 2.46. The zero-order chi connectivity index (χ0) is 12.9. The van der Waals surface area contributed by atoms with Crippen LogP contribution in [0.2, 0.25) is 0 Å². The molecule has 0 unspecified atom stereocenters. The van der Waals surface area contributed by atoms with Crippen LogP contribution >= 0.6 is 0 Å². The van der Waals surface area contributed by atoms with Gasteiger partial charge in [-0.3, -0.25) is 0 Å². The van der Waals surface area contributed by atoms with Gasteiger partial charge in [0.2, 0.25) is 0 Å². The molecule has 0 aliphatic carbocycles. The van der Waals surface area contributed by atoms with Gasteiger partial charge in [0.15, 0.2) is 0 Å². The van der Waals surface area contributed by atoms with Crippen molar-refractivity contribution < 1.29 is 21.5 Å². The van der Waals surface area contributed by atoms with Gasteiger partial charge in [0.05, 0.1) is 13.1 Å². The van der Waals surface area contributed by atoms with Crippen LogP contribution in [0.4, 0.5) is 0 Å². The Morgan fingerprint density at radius 2 is 1.45 bits per heavy atom. The minimum absolute atomic E-state index is 0. The topological polar surface area (TPSA) is 0 Å². The largest absolute Gasteiger partial charge is 1.00 e. The minimum Gasteiger partial charge on any atom is -1.00 e. The van der Waals surface area contributed by atoms with Gasteiger partial charge >= 0.3 is 0 Å². The Balaban J connectivity index is 0.00000121. The van der Waals surface area contributed by atoms with Gasteiger partial charge in [0, 0.05) is 11.1 Å². The number of halogens is 1. The predicted octanol–water partition coefficient (Wildman–Crippen LogP) is 1.17. The number of aryl methyl sites for hydroxylation is 1. The summed E-state index contributed by atoms with van der Waals surface area (Å²) in [5.41, 5.74) is 4.59. The van der Waals surface area contributed by atoms with Crippen molar-refractivity contribution >= 4 is 10.8 Å². The van der Waals surface area contributed by atoms with Gasteiger partial charge in [-0.15, -0.1) is 0 Å². The number of hydrogen-bond acceptors (Lipinski definition) is 0. The highest BCUT2D eigenvalue weighted by Crippen LogP contribution is 2.36. The second kappa shape index (κ2) is 5.16. The molecule has 1 spiro atoms. The molecule has 0 amide bonds. The van der Waals surface area contributed by atoms with E-state index in [0.29, 0.717) is 0 Å².